The maximum Gasteiger partial charge on any atom is 0.246 e. The number of hydrogen-bond donors (Lipinski definition) is 1. The predicted octanol–water partition coefficient (Wildman–Crippen LogP) is -0.272. The Bertz CT molecular complexity index is 324. The molecule has 2 amide bonds. The number of thioether (sulfide) groups is 1. The maximum absolute atomic E-state index is 12.4. The molecule has 96 valence electrons. The lowest BCUT2D eigenvalue weighted by molar-refractivity contribution is -0.144. The molecular weight excluding hydrogens is 238 g/mol. The number of rotatable bonds is 1. The number of piperazine rings is 1. The maximum atomic E-state index is 12.4. The molecule has 0 spiro atoms. The Hall–Kier alpha value is -0.750. The van der Waals surface area contributed by atoms with Crippen LogP contribution in [-0.4, -0.2) is 65.0 Å². The number of hydrogen-bond acceptors (Lipinski definition) is 4. The van der Waals surface area contributed by atoms with Crippen molar-refractivity contribution in [3.8, 4) is 0 Å². The van der Waals surface area contributed by atoms with Crippen LogP contribution in [0.3, 0.4) is 0 Å². The zero-order valence-electron chi connectivity index (χ0n) is 10.3. The molecule has 2 aliphatic heterocycles. The molecule has 0 aromatic rings. The van der Waals surface area contributed by atoms with E-state index in [4.69, 9.17) is 0 Å². The molecule has 1 N–H and O–H groups in total. The zero-order valence-corrected chi connectivity index (χ0v) is 11.1. The van der Waals surface area contributed by atoms with E-state index in [-0.39, 0.29) is 23.9 Å². The van der Waals surface area contributed by atoms with Crippen molar-refractivity contribution in [2.75, 3.05) is 31.3 Å². The van der Waals surface area contributed by atoms with E-state index in [9.17, 15) is 9.59 Å². The number of nitrogens with one attached hydrogen (secondary N) is 1. The van der Waals surface area contributed by atoms with Crippen LogP contribution in [0.25, 0.3) is 0 Å². The van der Waals surface area contributed by atoms with Crippen LogP contribution >= 0.6 is 11.8 Å². The smallest absolute Gasteiger partial charge is 0.246 e. The van der Waals surface area contributed by atoms with Gasteiger partial charge < -0.3 is 15.1 Å². The Morgan fingerprint density at radius 3 is 2.76 bits per heavy atom. The second kappa shape index (κ2) is 5.27. The highest BCUT2D eigenvalue weighted by molar-refractivity contribution is 7.99. The average Bonchev–Trinajstić information content (AvgIpc) is 2.77. The third kappa shape index (κ3) is 2.57. The summed E-state index contributed by atoms with van der Waals surface area (Å²) in [4.78, 5) is 27.5. The summed E-state index contributed by atoms with van der Waals surface area (Å²) in [6.07, 6.45) is 0. The fourth-order valence-corrected chi connectivity index (χ4v) is 3.53. The summed E-state index contributed by atoms with van der Waals surface area (Å²) in [6.45, 7) is 6.01. The molecular formula is C11H19N3O2S. The first-order valence-corrected chi connectivity index (χ1v) is 7.13. The number of carbonyl (C=O) groups is 2. The Labute approximate surface area is 106 Å². The Morgan fingerprint density at radius 1 is 1.35 bits per heavy atom. The fraction of sp³-hybridized carbons (Fsp3) is 0.818. The third-order valence-electron chi connectivity index (χ3n) is 3.36. The lowest BCUT2D eigenvalue weighted by Gasteiger charge is -2.37. The van der Waals surface area contributed by atoms with Crippen LogP contribution in [-0.2, 0) is 9.59 Å². The van der Waals surface area contributed by atoms with Crippen LogP contribution < -0.4 is 5.32 Å². The van der Waals surface area contributed by atoms with Crippen molar-refractivity contribution in [1.29, 1.82) is 0 Å². The number of amides is 2. The molecule has 2 aliphatic rings. The van der Waals surface area contributed by atoms with Gasteiger partial charge in [0, 0.05) is 38.4 Å². The molecule has 6 heteroatoms. The first kappa shape index (κ1) is 12.7. The average molecular weight is 257 g/mol. The number of nitrogens with zero attached hydrogens (tertiary/aromatic N) is 2. The normalized spacial score (nSPS) is 29.5. The quantitative estimate of drug-likeness (QED) is 0.702. The molecule has 5 nitrogen and oxygen atoms in total. The molecule has 0 aromatic heterocycles. The Kier molecular flexibility index (Phi) is 3.93. The molecule has 0 aromatic carbocycles. The summed E-state index contributed by atoms with van der Waals surface area (Å²) >= 11 is 1.65. The minimum atomic E-state index is -0.252. The van der Waals surface area contributed by atoms with Crippen LogP contribution in [0.4, 0.5) is 0 Å². The van der Waals surface area contributed by atoms with Gasteiger partial charge in [-0.3, -0.25) is 9.59 Å². The molecule has 17 heavy (non-hydrogen) atoms. The Morgan fingerprint density at radius 2 is 2.12 bits per heavy atom. The molecule has 2 saturated heterocycles. The van der Waals surface area contributed by atoms with Gasteiger partial charge >= 0.3 is 0 Å². The molecule has 0 bridgehead atoms. The SMILES string of the molecule is CC(=O)N1CSC[C@H]1C(=O)N1CCNC[C@H]1C. The molecule has 2 heterocycles. The summed E-state index contributed by atoms with van der Waals surface area (Å²) < 4.78 is 0. The first-order valence-electron chi connectivity index (χ1n) is 5.97. The topological polar surface area (TPSA) is 52.7 Å². The van der Waals surface area contributed by atoms with Crippen molar-refractivity contribution in [1.82, 2.24) is 15.1 Å². The van der Waals surface area contributed by atoms with Gasteiger partial charge in [-0.05, 0) is 6.92 Å². The Balaban J connectivity index is 2.05. The lowest BCUT2D eigenvalue weighted by atomic mass is 10.1. The van der Waals surface area contributed by atoms with E-state index in [0.717, 1.165) is 25.4 Å². The monoisotopic (exact) mass is 257 g/mol. The van der Waals surface area contributed by atoms with Crippen LogP contribution in [0.15, 0.2) is 0 Å². The van der Waals surface area contributed by atoms with Gasteiger partial charge in [0.1, 0.15) is 6.04 Å². The van der Waals surface area contributed by atoms with Gasteiger partial charge in [0.2, 0.25) is 11.8 Å². The van der Waals surface area contributed by atoms with Crippen LogP contribution in [0.1, 0.15) is 13.8 Å². The summed E-state index contributed by atoms with van der Waals surface area (Å²) in [5, 5.41) is 3.26. The van der Waals surface area contributed by atoms with Crippen molar-refractivity contribution in [3.05, 3.63) is 0 Å². The van der Waals surface area contributed by atoms with Crippen molar-refractivity contribution in [2.24, 2.45) is 0 Å². The molecule has 0 radical (unpaired) electrons. The summed E-state index contributed by atoms with van der Waals surface area (Å²) in [7, 11) is 0. The van der Waals surface area contributed by atoms with E-state index in [1.165, 1.54) is 6.92 Å². The van der Waals surface area contributed by atoms with Crippen molar-refractivity contribution >= 4 is 23.6 Å². The van der Waals surface area contributed by atoms with E-state index < -0.39 is 0 Å². The number of carbonyl (C=O) groups excluding carboxylic acids is 2. The highest BCUT2D eigenvalue weighted by Crippen LogP contribution is 2.23. The van der Waals surface area contributed by atoms with Gasteiger partial charge in [0.15, 0.2) is 0 Å². The van der Waals surface area contributed by atoms with Gasteiger partial charge in [0.25, 0.3) is 0 Å². The molecule has 2 fully saturated rings. The second-order valence-electron chi connectivity index (χ2n) is 4.59. The third-order valence-corrected chi connectivity index (χ3v) is 4.37. The van der Waals surface area contributed by atoms with Crippen LogP contribution in [0.2, 0.25) is 0 Å². The van der Waals surface area contributed by atoms with Gasteiger partial charge in [-0.1, -0.05) is 0 Å². The minimum absolute atomic E-state index is 0.00358. The molecule has 0 unspecified atom stereocenters. The summed E-state index contributed by atoms with van der Waals surface area (Å²) in [5.41, 5.74) is 0. The molecule has 0 aliphatic carbocycles. The van der Waals surface area contributed by atoms with Gasteiger partial charge in [-0.25, -0.2) is 0 Å². The molecule has 2 atom stereocenters. The molecule has 0 saturated carbocycles. The van der Waals surface area contributed by atoms with Crippen LogP contribution in [0, 0.1) is 0 Å². The van der Waals surface area contributed by atoms with Crippen molar-refractivity contribution < 1.29 is 9.59 Å². The zero-order chi connectivity index (χ0) is 12.4. The van der Waals surface area contributed by atoms with Gasteiger partial charge in [-0.15, -0.1) is 11.8 Å². The van der Waals surface area contributed by atoms with Gasteiger partial charge in [0.05, 0.1) is 5.88 Å². The lowest BCUT2D eigenvalue weighted by Crippen LogP contribution is -2.57. The van der Waals surface area contributed by atoms with Gasteiger partial charge in [-0.2, -0.15) is 0 Å². The fourth-order valence-electron chi connectivity index (χ4n) is 2.32. The largest absolute Gasteiger partial charge is 0.336 e. The van der Waals surface area contributed by atoms with E-state index in [2.05, 4.69) is 5.32 Å². The minimum Gasteiger partial charge on any atom is -0.336 e. The van der Waals surface area contributed by atoms with E-state index in [0.29, 0.717) is 5.88 Å². The summed E-state index contributed by atoms with van der Waals surface area (Å²) in [5.74, 6) is 1.48. The highest BCUT2D eigenvalue weighted by Gasteiger charge is 2.37. The van der Waals surface area contributed by atoms with E-state index in [1.54, 1.807) is 16.7 Å². The molecule has 2 rings (SSSR count). The van der Waals surface area contributed by atoms with Crippen LogP contribution in [0.5, 0.6) is 0 Å². The van der Waals surface area contributed by atoms with Crippen molar-refractivity contribution in [2.45, 2.75) is 25.9 Å². The highest BCUT2D eigenvalue weighted by atomic mass is 32.2. The van der Waals surface area contributed by atoms with Crippen molar-refractivity contribution in [3.63, 3.8) is 0 Å². The van der Waals surface area contributed by atoms with E-state index >= 15 is 0 Å². The van der Waals surface area contributed by atoms with E-state index in [1.807, 2.05) is 11.8 Å². The predicted molar refractivity (Wildman–Crippen MR) is 67.7 cm³/mol. The summed E-state index contributed by atoms with van der Waals surface area (Å²) in [6, 6.07) is -0.0336. The first-order chi connectivity index (χ1) is 8.11. The standard InChI is InChI=1S/C11H19N3O2S/c1-8-5-12-3-4-13(8)11(16)10-6-17-7-14(10)9(2)15/h8,10,12H,3-7H2,1-2H3/t8-,10+/m1/s1. The second-order valence-corrected chi connectivity index (χ2v) is 5.59.